The van der Waals surface area contributed by atoms with E-state index in [1.165, 1.54) is 0 Å². The number of aliphatic hydroxyl groups is 1. The molecule has 7 heavy (non-hydrogen) atoms. The van der Waals surface area contributed by atoms with Gasteiger partial charge >= 0.3 is 0 Å². The van der Waals surface area contributed by atoms with Crippen LogP contribution >= 0.6 is 11.6 Å². The predicted molar refractivity (Wildman–Crippen MR) is 26.9 cm³/mol. The van der Waals surface area contributed by atoms with Crippen LogP contribution in [0.1, 0.15) is 0 Å². The molecule has 2 nitrogen and oxygen atoms in total. The summed E-state index contributed by atoms with van der Waals surface area (Å²) in [5.74, 6) is -0.172. The molecule has 0 amide bonds. The fourth-order valence-electron chi connectivity index (χ4n) is 0.124. The van der Waals surface area contributed by atoms with E-state index in [2.05, 4.69) is 0 Å². The molecule has 0 heterocycles. The Morgan fingerprint density at radius 3 is 2.43 bits per heavy atom. The molecule has 0 aromatic rings. The lowest BCUT2D eigenvalue weighted by molar-refractivity contribution is 0.266. The third-order valence-electron chi connectivity index (χ3n) is 0.589. The van der Waals surface area contributed by atoms with Crippen molar-refractivity contribution in [1.29, 1.82) is 5.26 Å². The van der Waals surface area contributed by atoms with Crippen molar-refractivity contribution in [1.82, 2.24) is 0 Å². The minimum Gasteiger partial charge on any atom is -0.395 e. The average molecular weight is 120 g/mol. The molecule has 0 rings (SSSR count). The number of aliphatic hydroxyl groups excluding tert-OH is 1. The zero-order chi connectivity index (χ0) is 5.70. The summed E-state index contributed by atoms with van der Waals surface area (Å²) in [6.45, 7) is -0.139. The molecule has 0 aromatic carbocycles. The predicted octanol–water partition coefficient (Wildman–Crippen LogP) is 0.357. The number of hydrogen-bond acceptors (Lipinski definition) is 2. The molecule has 0 saturated heterocycles. The Labute approximate surface area is 47.3 Å². The summed E-state index contributed by atoms with van der Waals surface area (Å²) >= 11 is 5.19. The highest BCUT2D eigenvalue weighted by molar-refractivity contribution is 6.18. The normalized spacial score (nSPS) is 12.7. The van der Waals surface area contributed by atoms with Gasteiger partial charge in [0.1, 0.15) is 0 Å². The molecule has 0 aliphatic heterocycles. The topological polar surface area (TPSA) is 44.0 Å². The maximum Gasteiger partial charge on any atom is 0.0829 e. The first-order chi connectivity index (χ1) is 3.35. The zero-order valence-corrected chi connectivity index (χ0v) is 4.52. The summed E-state index contributed by atoms with van der Waals surface area (Å²) in [4.78, 5) is 0. The minimum atomic E-state index is -0.387. The van der Waals surface area contributed by atoms with Crippen LogP contribution in [0, 0.1) is 17.2 Å². The van der Waals surface area contributed by atoms with Crippen molar-refractivity contribution in [3.8, 4) is 6.07 Å². The molecule has 0 fully saturated rings. The Balaban J connectivity index is 3.23. The van der Waals surface area contributed by atoms with Crippen molar-refractivity contribution in [3.05, 3.63) is 0 Å². The quantitative estimate of drug-likeness (QED) is 0.534. The third kappa shape index (κ3) is 2.44. The highest BCUT2D eigenvalue weighted by atomic mass is 35.5. The lowest BCUT2D eigenvalue weighted by atomic mass is 10.2. The van der Waals surface area contributed by atoms with E-state index in [0.29, 0.717) is 0 Å². The van der Waals surface area contributed by atoms with Gasteiger partial charge in [0.25, 0.3) is 0 Å². The Morgan fingerprint density at radius 2 is 2.43 bits per heavy atom. The molecule has 0 aromatic heterocycles. The lowest BCUT2D eigenvalue weighted by Gasteiger charge is -1.93. The lowest BCUT2D eigenvalue weighted by Crippen LogP contribution is -2.03. The molecule has 3 heteroatoms. The summed E-state index contributed by atoms with van der Waals surface area (Å²) in [5, 5.41) is 16.3. The molecule has 1 N–H and O–H groups in total. The fourth-order valence-corrected chi connectivity index (χ4v) is 0.291. The summed E-state index contributed by atoms with van der Waals surface area (Å²) in [6.07, 6.45) is 0. The zero-order valence-electron chi connectivity index (χ0n) is 3.76. The smallest absolute Gasteiger partial charge is 0.0829 e. The highest BCUT2D eigenvalue weighted by Crippen LogP contribution is 1.93. The van der Waals surface area contributed by atoms with Gasteiger partial charge < -0.3 is 5.11 Å². The minimum absolute atomic E-state index is 0.139. The van der Waals surface area contributed by atoms with Crippen molar-refractivity contribution in [2.75, 3.05) is 12.5 Å². The molecular formula is C4H6ClNO. The van der Waals surface area contributed by atoms with Gasteiger partial charge in [0.2, 0.25) is 0 Å². The van der Waals surface area contributed by atoms with E-state index in [4.69, 9.17) is 22.0 Å². The second-order valence-corrected chi connectivity index (χ2v) is 1.47. The van der Waals surface area contributed by atoms with Crippen LogP contribution < -0.4 is 0 Å². The average Bonchev–Trinajstić information content (AvgIpc) is 1.72. The third-order valence-corrected chi connectivity index (χ3v) is 0.962. The number of hydrogen-bond donors (Lipinski definition) is 1. The Kier molecular flexibility index (Phi) is 3.77. The fraction of sp³-hybridized carbons (Fsp3) is 0.750. The van der Waals surface area contributed by atoms with Gasteiger partial charge in [-0.1, -0.05) is 0 Å². The van der Waals surface area contributed by atoms with Crippen LogP contribution in [0.15, 0.2) is 0 Å². The molecule has 0 bridgehead atoms. The Morgan fingerprint density at radius 1 is 1.86 bits per heavy atom. The first-order valence-corrected chi connectivity index (χ1v) is 2.45. The van der Waals surface area contributed by atoms with Gasteiger partial charge in [0.05, 0.1) is 18.6 Å². The molecule has 1 unspecified atom stereocenters. The van der Waals surface area contributed by atoms with Gasteiger partial charge in [-0.05, 0) is 0 Å². The van der Waals surface area contributed by atoms with Gasteiger partial charge in [0, 0.05) is 5.88 Å². The molecule has 40 valence electrons. The highest BCUT2D eigenvalue weighted by Gasteiger charge is 1.99. The van der Waals surface area contributed by atoms with Crippen LogP contribution in [0.25, 0.3) is 0 Å². The molecule has 0 aliphatic rings. The molecule has 0 radical (unpaired) electrons. The van der Waals surface area contributed by atoms with Crippen LogP contribution in [0.4, 0.5) is 0 Å². The van der Waals surface area contributed by atoms with Crippen molar-refractivity contribution in [3.63, 3.8) is 0 Å². The van der Waals surface area contributed by atoms with E-state index in [1.807, 2.05) is 6.07 Å². The molecule has 0 saturated carbocycles. The van der Waals surface area contributed by atoms with E-state index in [0.717, 1.165) is 0 Å². The maximum atomic E-state index is 8.22. The number of nitriles is 1. The number of rotatable bonds is 2. The second kappa shape index (κ2) is 3.91. The van der Waals surface area contributed by atoms with Crippen molar-refractivity contribution in [2.45, 2.75) is 0 Å². The first kappa shape index (κ1) is 6.74. The Hall–Kier alpha value is -0.260. The van der Waals surface area contributed by atoms with Crippen LogP contribution in [0.3, 0.4) is 0 Å². The molecular weight excluding hydrogens is 114 g/mol. The van der Waals surface area contributed by atoms with Crippen LogP contribution in [-0.2, 0) is 0 Å². The largest absolute Gasteiger partial charge is 0.395 e. The number of halogens is 1. The van der Waals surface area contributed by atoms with Crippen molar-refractivity contribution in [2.24, 2.45) is 5.92 Å². The summed E-state index contributed by atoms with van der Waals surface area (Å²) < 4.78 is 0. The van der Waals surface area contributed by atoms with Crippen LogP contribution in [-0.4, -0.2) is 17.6 Å². The van der Waals surface area contributed by atoms with Crippen LogP contribution in [0.2, 0.25) is 0 Å². The van der Waals surface area contributed by atoms with E-state index < -0.39 is 0 Å². The van der Waals surface area contributed by atoms with Gasteiger partial charge in [-0.25, -0.2) is 0 Å². The van der Waals surface area contributed by atoms with Gasteiger partial charge in [-0.15, -0.1) is 11.6 Å². The van der Waals surface area contributed by atoms with Crippen LogP contribution in [0.5, 0.6) is 0 Å². The molecule has 0 spiro atoms. The van der Waals surface area contributed by atoms with E-state index in [1.54, 1.807) is 0 Å². The summed E-state index contributed by atoms with van der Waals surface area (Å²) in [7, 11) is 0. The number of nitrogens with zero attached hydrogens (tertiary/aromatic N) is 1. The summed E-state index contributed by atoms with van der Waals surface area (Å²) in [5.41, 5.74) is 0. The SMILES string of the molecule is N#CC(CO)CCl. The molecule has 0 aliphatic carbocycles. The summed E-state index contributed by atoms with van der Waals surface area (Å²) in [6, 6.07) is 1.82. The number of alkyl halides is 1. The van der Waals surface area contributed by atoms with E-state index >= 15 is 0 Å². The monoisotopic (exact) mass is 119 g/mol. The second-order valence-electron chi connectivity index (χ2n) is 1.16. The van der Waals surface area contributed by atoms with Gasteiger partial charge in [-0.2, -0.15) is 5.26 Å². The van der Waals surface area contributed by atoms with Crippen molar-refractivity contribution >= 4 is 11.6 Å². The standard InChI is InChI=1S/C4H6ClNO/c5-1-4(2-6)3-7/h4,7H,1,3H2. The molecule has 1 atom stereocenters. The van der Waals surface area contributed by atoms with E-state index in [9.17, 15) is 0 Å². The van der Waals surface area contributed by atoms with Gasteiger partial charge in [-0.3, -0.25) is 0 Å². The Bertz CT molecular complexity index is 74.2. The first-order valence-electron chi connectivity index (χ1n) is 1.91. The maximum absolute atomic E-state index is 8.22. The van der Waals surface area contributed by atoms with E-state index in [-0.39, 0.29) is 18.4 Å². The van der Waals surface area contributed by atoms with Gasteiger partial charge in [0.15, 0.2) is 0 Å². The van der Waals surface area contributed by atoms with Crippen molar-refractivity contribution < 1.29 is 5.11 Å².